The minimum atomic E-state index is 0.244. The van der Waals surface area contributed by atoms with Crippen molar-refractivity contribution in [1.82, 2.24) is 0 Å². The SMILES string of the molecule is COc1ccc(C(=N)/C=C\C=O)cc1OC. The molecule has 0 atom stereocenters. The van der Waals surface area contributed by atoms with Gasteiger partial charge in [0.05, 0.1) is 19.9 Å². The van der Waals surface area contributed by atoms with Gasteiger partial charge in [-0.05, 0) is 30.4 Å². The Morgan fingerprint density at radius 2 is 1.94 bits per heavy atom. The molecule has 0 heterocycles. The van der Waals surface area contributed by atoms with E-state index in [1.165, 1.54) is 19.3 Å². The van der Waals surface area contributed by atoms with Crippen LogP contribution in [0.3, 0.4) is 0 Å². The van der Waals surface area contributed by atoms with Gasteiger partial charge < -0.3 is 14.9 Å². The first kappa shape index (κ1) is 12.0. The van der Waals surface area contributed by atoms with E-state index in [0.717, 1.165) is 0 Å². The van der Waals surface area contributed by atoms with Crippen molar-refractivity contribution in [2.75, 3.05) is 14.2 Å². The summed E-state index contributed by atoms with van der Waals surface area (Å²) >= 11 is 0. The fraction of sp³-hybridized carbons (Fsp3) is 0.167. The van der Waals surface area contributed by atoms with Crippen molar-refractivity contribution >= 4 is 12.0 Å². The molecule has 1 N–H and O–H groups in total. The summed E-state index contributed by atoms with van der Waals surface area (Å²) in [6.07, 6.45) is 3.34. The van der Waals surface area contributed by atoms with Gasteiger partial charge in [0.1, 0.15) is 6.29 Å². The highest BCUT2D eigenvalue weighted by atomic mass is 16.5. The summed E-state index contributed by atoms with van der Waals surface area (Å²) in [5.41, 5.74) is 0.906. The third-order valence-electron chi connectivity index (χ3n) is 2.04. The molecule has 0 amide bonds. The molecule has 0 aliphatic heterocycles. The van der Waals surface area contributed by atoms with Crippen molar-refractivity contribution in [2.45, 2.75) is 0 Å². The molecule has 1 rings (SSSR count). The molecule has 4 heteroatoms. The first-order valence-corrected chi connectivity index (χ1v) is 4.65. The van der Waals surface area contributed by atoms with Gasteiger partial charge in [-0.1, -0.05) is 0 Å². The van der Waals surface area contributed by atoms with Crippen LogP contribution in [0.25, 0.3) is 0 Å². The van der Waals surface area contributed by atoms with Gasteiger partial charge in [0.2, 0.25) is 0 Å². The first-order chi connectivity index (χ1) is 7.72. The van der Waals surface area contributed by atoms with Gasteiger partial charge in [-0.2, -0.15) is 0 Å². The Morgan fingerprint density at radius 1 is 1.25 bits per heavy atom. The summed E-state index contributed by atoms with van der Waals surface area (Å²) in [4.78, 5) is 10.1. The van der Waals surface area contributed by atoms with E-state index in [1.54, 1.807) is 25.3 Å². The molecule has 0 fully saturated rings. The van der Waals surface area contributed by atoms with Crippen molar-refractivity contribution in [3.63, 3.8) is 0 Å². The van der Waals surface area contributed by atoms with E-state index in [9.17, 15) is 4.79 Å². The quantitative estimate of drug-likeness (QED) is 0.467. The standard InChI is InChI=1S/C12H13NO3/c1-15-11-6-5-9(8-12(11)16-2)10(13)4-3-7-14/h3-8,13H,1-2H3/b4-3-,13-10?. The van der Waals surface area contributed by atoms with Crippen LogP contribution in [0.2, 0.25) is 0 Å². The molecule has 1 aromatic carbocycles. The Kier molecular flexibility index (Phi) is 4.27. The summed E-state index contributed by atoms with van der Waals surface area (Å²) in [6, 6.07) is 5.15. The van der Waals surface area contributed by atoms with E-state index in [2.05, 4.69) is 0 Å². The van der Waals surface area contributed by atoms with Gasteiger partial charge in [-0.3, -0.25) is 4.79 Å². The fourth-order valence-electron chi connectivity index (χ4n) is 1.24. The maximum atomic E-state index is 10.1. The lowest BCUT2D eigenvalue weighted by Gasteiger charge is -2.08. The number of rotatable bonds is 5. The van der Waals surface area contributed by atoms with E-state index < -0.39 is 0 Å². The molecule has 0 unspecified atom stereocenters. The van der Waals surface area contributed by atoms with Crippen LogP contribution in [0.1, 0.15) is 5.56 Å². The van der Waals surface area contributed by atoms with Gasteiger partial charge in [0.15, 0.2) is 11.5 Å². The van der Waals surface area contributed by atoms with Gasteiger partial charge in [-0.25, -0.2) is 0 Å². The first-order valence-electron chi connectivity index (χ1n) is 4.65. The van der Waals surface area contributed by atoms with Crippen LogP contribution in [0, 0.1) is 5.41 Å². The van der Waals surface area contributed by atoms with Crippen LogP contribution in [0.5, 0.6) is 11.5 Å². The smallest absolute Gasteiger partial charge is 0.161 e. The molecule has 0 saturated heterocycles. The van der Waals surface area contributed by atoms with Gasteiger partial charge >= 0.3 is 0 Å². The maximum absolute atomic E-state index is 10.1. The Morgan fingerprint density at radius 3 is 2.50 bits per heavy atom. The highest BCUT2D eigenvalue weighted by molar-refractivity contribution is 6.08. The predicted octanol–water partition coefficient (Wildman–Crippen LogP) is 1.83. The molecule has 0 aromatic heterocycles. The zero-order valence-corrected chi connectivity index (χ0v) is 9.19. The number of allylic oxidation sites excluding steroid dienone is 2. The van der Waals surface area contributed by atoms with E-state index in [4.69, 9.17) is 14.9 Å². The lowest BCUT2D eigenvalue weighted by molar-refractivity contribution is -0.104. The molecule has 1 aromatic rings. The van der Waals surface area contributed by atoms with E-state index in [0.29, 0.717) is 23.3 Å². The lowest BCUT2D eigenvalue weighted by Crippen LogP contribution is -1.97. The van der Waals surface area contributed by atoms with Crippen LogP contribution in [0.4, 0.5) is 0 Å². The monoisotopic (exact) mass is 219 g/mol. The summed E-state index contributed by atoms with van der Waals surface area (Å²) in [5.74, 6) is 1.17. The second-order valence-electron chi connectivity index (χ2n) is 2.98. The molecule has 0 aliphatic rings. The molecule has 0 saturated carbocycles. The highest BCUT2D eigenvalue weighted by Crippen LogP contribution is 2.27. The van der Waals surface area contributed by atoms with Crippen molar-refractivity contribution in [2.24, 2.45) is 0 Å². The molecule has 4 nitrogen and oxygen atoms in total. The van der Waals surface area contributed by atoms with Crippen LogP contribution < -0.4 is 9.47 Å². The molecule has 0 radical (unpaired) electrons. The number of carbonyl (C=O) groups is 1. The Bertz CT molecular complexity index is 424. The lowest BCUT2D eigenvalue weighted by atomic mass is 10.1. The predicted molar refractivity (Wildman–Crippen MR) is 61.6 cm³/mol. The second-order valence-corrected chi connectivity index (χ2v) is 2.98. The summed E-state index contributed by atoms with van der Waals surface area (Å²) in [5, 5.41) is 7.69. The Labute approximate surface area is 94.0 Å². The Balaban J connectivity index is 3.03. The topological polar surface area (TPSA) is 59.4 Å². The number of hydrogen-bond donors (Lipinski definition) is 1. The number of carbonyl (C=O) groups excluding carboxylic acids is 1. The fourth-order valence-corrected chi connectivity index (χ4v) is 1.24. The van der Waals surface area contributed by atoms with Gasteiger partial charge in [0.25, 0.3) is 0 Å². The molecule has 0 spiro atoms. The van der Waals surface area contributed by atoms with E-state index in [1.807, 2.05) is 0 Å². The minimum Gasteiger partial charge on any atom is -0.493 e. The number of hydrogen-bond acceptors (Lipinski definition) is 4. The number of aldehydes is 1. The zero-order chi connectivity index (χ0) is 12.0. The highest BCUT2D eigenvalue weighted by Gasteiger charge is 2.05. The summed E-state index contributed by atoms with van der Waals surface area (Å²) in [7, 11) is 3.08. The zero-order valence-electron chi connectivity index (χ0n) is 9.19. The van der Waals surface area contributed by atoms with E-state index in [-0.39, 0.29) is 5.71 Å². The van der Waals surface area contributed by atoms with Gasteiger partial charge in [-0.15, -0.1) is 0 Å². The normalized spacial score (nSPS) is 10.1. The number of ether oxygens (including phenoxy) is 2. The second kappa shape index (κ2) is 5.70. The maximum Gasteiger partial charge on any atom is 0.161 e. The van der Waals surface area contributed by atoms with Crippen LogP contribution in [-0.2, 0) is 4.79 Å². The summed E-state index contributed by atoms with van der Waals surface area (Å²) in [6.45, 7) is 0. The molecule has 0 aliphatic carbocycles. The number of methoxy groups -OCH3 is 2. The average molecular weight is 219 g/mol. The van der Waals surface area contributed by atoms with Crippen molar-refractivity contribution in [1.29, 1.82) is 5.41 Å². The number of benzene rings is 1. The molecular weight excluding hydrogens is 206 g/mol. The van der Waals surface area contributed by atoms with Crippen LogP contribution in [0.15, 0.2) is 30.4 Å². The largest absolute Gasteiger partial charge is 0.493 e. The van der Waals surface area contributed by atoms with Crippen LogP contribution in [-0.4, -0.2) is 26.2 Å². The average Bonchev–Trinajstić information content (AvgIpc) is 2.34. The van der Waals surface area contributed by atoms with Gasteiger partial charge in [0, 0.05) is 5.56 Å². The Hall–Kier alpha value is -2.10. The molecular formula is C12H13NO3. The summed E-state index contributed by atoms with van der Waals surface area (Å²) < 4.78 is 10.2. The molecule has 84 valence electrons. The molecule has 16 heavy (non-hydrogen) atoms. The van der Waals surface area contributed by atoms with E-state index >= 15 is 0 Å². The van der Waals surface area contributed by atoms with Crippen molar-refractivity contribution < 1.29 is 14.3 Å². The third-order valence-corrected chi connectivity index (χ3v) is 2.04. The third kappa shape index (κ3) is 2.70. The number of nitrogens with one attached hydrogen (secondary N) is 1. The molecule has 0 bridgehead atoms. The van der Waals surface area contributed by atoms with Crippen molar-refractivity contribution in [3.8, 4) is 11.5 Å². The van der Waals surface area contributed by atoms with Crippen molar-refractivity contribution in [3.05, 3.63) is 35.9 Å². The minimum absolute atomic E-state index is 0.244. The van der Waals surface area contributed by atoms with Crippen LogP contribution >= 0.6 is 0 Å².